The van der Waals surface area contributed by atoms with E-state index >= 15 is 0 Å². The molecule has 3 aliphatic rings. The molecule has 4 rings (SSSR count). The van der Waals surface area contributed by atoms with Crippen molar-refractivity contribution in [3.63, 3.8) is 0 Å². The molecular formula is C17H23Cl2N5OS. The van der Waals surface area contributed by atoms with Crippen LogP contribution in [0.3, 0.4) is 0 Å². The first-order valence-electron chi connectivity index (χ1n) is 9.01. The van der Waals surface area contributed by atoms with E-state index in [1.165, 1.54) is 0 Å². The van der Waals surface area contributed by atoms with Crippen LogP contribution in [0.2, 0.25) is 10.0 Å². The van der Waals surface area contributed by atoms with Gasteiger partial charge in [-0.2, -0.15) is 0 Å². The quantitative estimate of drug-likeness (QED) is 0.811. The van der Waals surface area contributed by atoms with Crippen molar-refractivity contribution in [2.24, 2.45) is 0 Å². The minimum Gasteiger partial charge on any atom is -0.366 e. The molecule has 3 saturated heterocycles. The summed E-state index contributed by atoms with van der Waals surface area (Å²) in [7, 11) is 0. The summed E-state index contributed by atoms with van der Waals surface area (Å²) in [5, 5.41) is 4.63. The van der Waals surface area contributed by atoms with Gasteiger partial charge in [-0.25, -0.2) is 0 Å². The van der Waals surface area contributed by atoms with Gasteiger partial charge in [0.2, 0.25) is 5.91 Å². The number of amides is 1. The van der Waals surface area contributed by atoms with E-state index in [1.807, 2.05) is 16.7 Å². The van der Waals surface area contributed by atoms with E-state index in [-0.39, 0.29) is 11.9 Å². The number of thioether (sulfide) groups is 1. The van der Waals surface area contributed by atoms with Gasteiger partial charge in [0.1, 0.15) is 0 Å². The Bertz CT molecular complexity index is 644. The molecule has 0 spiro atoms. The number of pyridine rings is 1. The van der Waals surface area contributed by atoms with Crippen LogP contribution in [0.1, 0.15) is 6.42 Å². The normalized spacial score (nSPS) is 27.3. The topological polar surface area (TPSA) is 51.7 Å². The van der Waals surface area contributed by atoms with E-state index in [9.17, 15) is 4.79 Å². The Labute approximate surface area is 168 Å². The van der Waals surface area contributed by atoms with Crippen molar-refractivity contribution in [1.29, 1.82) is 0 Å². The van der Waals surface area contributed by atoms with E-state index in [0.717, 1.165) is 63.0 Å². The minimum absolute atomic E-state index is 0.0270. The molecule has 6 nitrogen and oxygen atoms in total. The molecule has 0 unspecified atom stereocenters. The van der Waals surface area contributed by atoms with Gasteiger partial charge in [0.05, 0.1) is 27.7 Å². The summed E-state index contributed by atoms with van der Waals surface area (Å²) in [6.07, 6.45) is 4.18. The molecule has 1 amide bonds. The molecule has 4 heterocycles. The lowest BCUT2D eigenvalue weighted by atomic mass is 10.1. The maximum absolute atomic E-state index is 12.6. The minimum atomic E-state index is -0.0270. The Hall–Kier alpha value is -0.730. The number of aromatic nitrogens is 1. The number of hydrogen-bond acceptors (Lipinski definition) is 6. The van der Waals surface area contributed by atoms with Crippen molar-refractivity contribution < 1.29 is 4.79 Å². The summed E-state index contributed by atoms with van der Waals surface area (Å²) in [5.41, 5.74) is 0.882. The lowest BCUT2D eigenvalue weighted by molar-refractivity contribution is -0.131. The SMILES string of the molecule is O=C([C@@H]1C[C@H](N2CCN(c3c(Cl)cncc3Cl)CC2)CN1)N1CCSC1. The number of hydrogen-bond donors (Lipinski definition) is 1. The number of nitrogens with zero attached hydrogens (tertiary/aromatic N) is 4. The van der Waals surface area contributed by atoms with Crippen LogP contribution in [0.25, 0.3) is 0 Å². The fourth-order valence-electron chi connectivity index (χ4n) is 4.01. The molecule has 3 aliphatic heterocycles. The van der Waals surface area contributed by atoms with Crippen LogP contribution in [0, 0.1) is 0 Å². The highest BCUT2D eigenvalue weighted by Crippen LogP contribution is 2.33. The van der Waals surface area contributed by atoms with E-state index in [4.69, 9.17) is 23.2 Å². The molecule has 0 radical (unpaired) electrons. The predicted octanol–water partition coefficient (Wildman–Crippen LogP) is 1.77. The van der Waals surface area contributed by atoms with Gasteiger partial charge in [0, 0.05) is 63.5 Å². The van der Waals surface area contributed by atoms with Gasteiger partial charge in [-0.15, -0.1) is 11.8 Å². The first-order valence-corrected chi connectivity index (χ1v) is 10.9. The molecule has 1 aromatic heterocycles. The molecule has 0 bridgehead atoms. The van der Waals surface area contributed by atoms with Crippen molar-refractivity contribution in [2.75, 3.05) is 55.8 Å². The monoisotopic (exact) mass is 415 g/mol. The highest BCUT2D eigenvalue weighted by Gasteiger charge is 2.36. The molecule has 1 N–H and O–H groups in total. The third-order valence-electron chi connectivity index (χ3n) is 5.45. The van der Waals surface area contributed by atoms with Gasteiger partial charge >= 0.3 is 0 Å². The van der Waals surface area contributed by atoms with Crippen molar-refractivity contribution >= 4 is 46.6 Å². The molecular weight excluding hydrogens is 393 g/mol. The molecule has 2 atom stereocenters. The number of nitrogens with one attached hydrogen (secondary N) is 1. The third-order valence-corrected chi connectivity index (χ3v) is 6.96. The number of rotatable bonds is 3. The third kappa shape index (κ3) is 3.78. The fourth-order valence-corrected chi connectivity index (χ4v) is 5.57. The number of anilines is 1. The number of halogens is 2. The molecule has 3 fully saturated rings. The van der Waals surface area contributed by atoms with Gasteiger partial charge in [-0.05, 0) is 6.42 Å². The summed E-state index contributed by atoms with van der Waals surface area (Å²) >= 11 is 14.4. The molecule has 26 heavy (non-hydrogen) atoms. The first-order chi connectivity index (χ1) is 12.6. The number of carbonyl (C=O) groups is 1. The molecule has 0 aliphatic carbocycles. The molecule has 9 heteroatoms. The summed E-state index contributed by atoms with van der Waals surface area (Å²) in [6.45, 7) is 5.42. The second kappa shape index (κ2) is 8.10. The number of carbonyl (C=O) groups excluding carboxylic acids is 1. The molecule has 1 aromatic rings. The zero-order chi connectivity index (χ0) is 18.1. The first kappa shape index (κ1) is 18.6. The van der Waals surface area contributed by atoms with Crippen LogP contribution >= 0.6 is 35.0 Å². The van der Waals surface area contributed by atoms with Gasteiger partial charge in [-0.3, -0.25) is 14.7 Å². The average Bonchev–Trinajstić information content (AvgIpc) is 3.34. The van der Waals surface area contributed by atoms with Gasteiger partial charge in [0.25, 0.3) is 0 Å². The van der Waals surface area contributed by atoms with Crippen molar-refractivity contribution in [1.82, 2.24) is 20.1 Å². The van der Waals surface area contributed by atoms with Crippen LogP contribution in [0.5, 0.6) is 0 Å². The highest BCUT2D eigenvalue weighted by atomic mass is 35.5. The van der Waals surface area contributed by atoms with Gasteiger partial charge < -0.3 is 15.1 Å². The second-order valence-corrected chi connectivity index (χ2v) is 8.85. The van der Waals surface area contributed by atoms with Crippen LogP contribution in [0.4, 0.5) is 5.69 Å². The molecule has 0 aromatic carbocycles. The smallest absolute Gasteiger partial charge is 0.240 e. The van der Waals surface area contributed by atoms with Crippen molar-refractivity contribution in [3.05, 3.63) is 22.4 Å². The fraction of sp³-hybridized carbons (Fsp3) is 0.647. The van der Waals surface area contributed by atoms with E-state index < -0.39 is 0 Å². The Kier molecular flexibility index (Phi) is 5.81. The molecule has 0 saturated carbocycles. The standard InChI is InChI=1S/C17H23Cl2N5OS/c18-13-9-20-10-14(19)16(13)23-3-1-22(2-4-23)12-7-15(21-8-12)17(25)24-5-6-26-11-24/h9-10,12,15,21H,1-8,11H2/t12-,15-/m0/s1. The summed E-state index contributed by atoms with van der Waals surface area (Å²) in [4.78, 5) is 23.3. The largest absolute Gasteiger partial charge is 0.366 e. The second-order valence-electron chi connectivity index (χ2n) is 6.96. The molecule has 142 valence electrons. The van der Waals surface area contributed by atoms with E-state index in [2.05, 4.69) is 20.1 Å². The van der Waals surface area contributed by atoms with E-state index in [0.29, 0.717) is 16.1 Å². The van der Waals surface area contributed by atoms with Crippen LogP contribution in [-0.4, -0.2) is 83.7 Å². The van der Waals surface area contributed by atoms with E-state index in [1.54, 1.807) is 12.4 Å². The maximum Gasteiger partial charge on any atom is 0.240 e. The lowest BCUT2D eigenvalue weighted by Crippen LogP contribution is -2.51. The van der Waals surface area contributed by atoms with Crippen LogP contribution in [0.15, 0.2) is 12.4 Å². The lowest BCUT2D eigenvalue weighted by Gasteiger charge is -2.39. The average molecular weight is 416 g/mol. The Morgan fingerprint density at radius 1 is 1.15 bits per heavy atom. The van der Waals surface area contributed by atoms with Crippen LogP contribution in [-0.2, 0) is 4.79 Å². The highest BCUT2D eigenvalue weighted by molar-refractivity contribution is 7.99. The number of piperazine rings is 1. The summed E-state index contributed by atoms with van der Waals surface area (Å²) < 4.78 is 0. The summed E-state index contributed by atoms with van der Waals surface area (Å²) in [5.74, 6) is 2.17. The zero-order valence-corrected chi connectivity index (χ0v) is 16.9. The van der Waals surface area contributed by atoms with Crippen molar-refractivity contribution in [3.8, 4) is 0 Å². The summed E-state index contributed by atoms with van der Waals surface area (Å²) in [6, 6.07) is 0.394. The Morgan fingerprint density at radius 3 is 2.54 bits per heavy atom. The van der Waals surface area contributed by atoms with Gasteiger partial charge in [-0.1, -0.05) is 23.2 Å². The Morgan fingerprint density at radius 2 is 1.88 bits per heavy atom. The maximum atomic E-state index is 12.6. The zero-order valence-electron chi connectivity index (χ0n) is 14.5. The van der Waals surface area contributed by atoms with Crippen LogP contribution < -0.4 is 10.2 Å². The Balaban J connectivity index is 1.32. The predicted molar refractivity (Wildman–Crippen MR) is 107 cm³/mol. The van der Waals surface area contributed by atoms with Crippen molar-refractivity contribution in [2.45, 2.75) is 18.5 Å². The van der Waals surface area contributed by atoms with Gasteiger partial charge in [0.15, 0.2) is 0 Å².